The molecule has 2 aliphatic rings. The summed E-state index contributed by atoms with van der Waals surface area (Å²) in [7, 11) is 0. The van der Waals surface area contributed by atoms with Crippen molar-refractivity contribution in [3.8, 4) is 11.4 Å². The minimum Gasteiger partial charge on any atom is -0.377 e. The van der Waals surface area contributed by atoms with Crippen LogP contribution in [0.15, 0.2) is 29.4 Å². The quantitative estimate of drug-likeness (QED) is 0.735. The lowest BCUT2D eigenvalue weighted by atomic mass is 10.2. The van der Waals surface area contributed by atoms with Crippen LogP contribution in [0, 0.1) is 5.82 Å². The minimum absolute atomic E-state index is 0.192. The Balaban J connectivity index is 1.57. The monoisotopic (exact) mass is 363 g/mol. The van der Waals surface area contributed by atoms with E-state index in [4.69, 9.17) is 9.47 Å². The van der Waals surface area contributed by atoms with Crippen LogP contribution in [-0.2, 0) is 16.0 Å². The lowest BCUT2D eigenvalue weighted by molar-refractivity contribution is 0.0953. The van der Waals surface area contributed by atoms with E-state index in [0.717, 1.165) is 67.7 Å². The molecule has 2 atom stereocenters. The van der Waals surface area contributed by atoms with Crippen molar-refractivity contribution >= 4 is 11.8 Å². The first-order chi connectivity index (χ1) is 12.3. The van der Waals surface area contributed by atoms with E-state index in [1.54, 1.807) is 23.9 Å². The number of benzene rings is 1. The van der Waals surface area contributed by atoms with Crippen LogP contribution in [0.2, 0.25) is 0 Å². The summed E-state index contributed by atoms with van der Waals surface area (Å²) in [5, 5.41) is 9.65. The number of rotatable bonds is 6. The fourth-order valence-corrected chi connectivity index (χ4v) is 4.32. The average molecular weight is 363 g/mol. The van der Waals surface area contributed by atoms with E-state index in [1.165, 1.54) is 12.1 Å². The standard InChI is InChI=1S/C18H22FN3O2S/c19-14-7-5-13(6-8-14)17-20-21-18(25-12-16-4-2-10-24-16)22(17)11-15-3-1-9-23-15/h5-8,15-16H,1-4,9-12H2/t15-,16+/m1/s1. The third-order valence-electron chi connectivity index (χ3n) is 4.65. The van der Waals surface area contributed by atoms with Gasteiger partial charge in [0.2, 0.25) is 0 Å². The van der Waals surface area contributed by atoms with Gasteiger partial charge in [-0.3, -0.25) is 4.57 Å². The lowest BCUT2D eigenvalue weighted by Gasteiger charge is -2.15. The summed E-state index contributed by atoms with van der Waals surface area (Å²) in [6, 6.07) is 6.42. The summed E-state index contributed by atoms with van der Waals surface area (Å²) < 4.78 is 26.9. The number of halogens is 1. The molecule has 0 aliphatic carbocycles. The Hall–Kier alpha value is -1.44. The van der Waals surface area contributed by atoms with Gasteiger partial charge in [-0.2, -0.15) is 0 Å². The Labute approximate surface area is 150 Å². The first kappa shape index (κ1) is 17.0. The molecular formula is C18H22FN3O2S. The van der Waals surface area contributed by atoms with Gasteiger partial charge in [0.05, 0.1) is 18.8 Å². The van der Waals surface area contributed by atoms with Crippen LogP contribution < -0.4 is 0 Å². The zero-order chi connectivity index (χ0) is 17.1. The van der Waals surface area contributed by atoms with Crippen molar-refractivity contribution in [2.75, 3.05) is 19.0 Å². The first-order valence-corrected chi connectivity index (χ1v) is 9.83. The van der Waals surface area contributed by atoms with Gasteiger partial charge in [-0.15, -0.1) is 10.2 Å². The maximum absolute atomic E-state index is 13.2. The molecule has 0 N–H and O–H groups in total. The highest BCUT2D eigenvalue weighted by Gasteiger charge is 2.23. The van der Waals surface area contributed by atoms with Gasteiger partial charge in [-0.25, -0.2) is 4.39 Å². The van der Waals surface area contributed by atoms with Gasteiger partial charge in [0.25, 0.3) is 0 Å². The molecule has 1 aromatic carbocycles. The normalized spacial score (nSPS) is 23.4. The van der Waals surface area contributed by atoms with Gasteiger partial charge in [0.15, 0.2) is 11.0 Å². The topological polar surface area (TPSA) is 49.2 Å². The van der Waals surface area contributed by atoms with Crippen molar-refractivity contribution in [1.82, 2.24) is 14.8 Å². The molecule has 25 heavy (non-hydrogen) atoms. The molecule has 0 bridgehead atoms. The van der Waals surface area contributed by atoms with Gasteiger partial charge in [-0.05, 0) is 49.9 Å². The summed E-state index contributed by atoms with van der Waals surface area (Å²) in [4.78, 5) is 0. The van der Waals surface area contributed by atoms with Gasteiger partial charge in [0.1, 0.15) is 5.82 Å². The second-order valence-electron chi connectivity index (χ2n) is 6.50. The Morgan fingerprint density at radius 1 is 1.04 bits per heavy atom. The summed E-state index contributed by atoms with van der Waals surface area (Å²) in [6.45, 7) is 2.40. The van der Waals surface area contributed by atoms with Crippen molar-refractivity contribution in [3.63, 3.8) is 0 Å². The second kappa shape index (κ2) is 7.85. The summed E-state index contributed by atoms with van der Waals surface area (Å²) in [5.41, 5.74) is 0.871. The summed E-state index contributed by atoms with van der Waals surface area (Å²) in [5.74, 6) is 1.40. The fraction of sp³-hybridized carbons (Fsp3) is 0.556. The molecule has 4 rings (SSSR count). The van der Waals surface area contributed by atoms with E-state index < -0.39 is 0 Å². The van der Waals surface area contributed by atoms with E-state index in [0.29, 0.717) is 6.10 Å². The van der Waals surface area contributed by atoms with Crippen LogP contribution in [0.3, 0.4) is 0 Å². The number of hydrogen-bond acceptors (Lipinski definition) is 5. The van der Waals surface area contributed by atoms with E-state index in [1.807, 2.05) is 0 Å². The molecule has 0 saturated carbocycles. The predicted molar refractivity (Wildman–Crippen MR) is 94.1 cm³/mol. The number of hydrogen-bond donors (Lipinski definition) is 0. The molecule has 2 fully saturated rings. The zero-order valence-electron chi connectivity index (χ0n) is 14.1. The smallest absolute Gasteiger partial charge is 0.191 e. The fourth-order valence-electron chi connectivity index (χ4n) is 3.31. The zero-order valence-corrected chi connectivity index (χ0v) is 14.9. The molecule has 2 aromatic rings. The van der Waals surface area contributed by atoms with Crippen molar-refractivity contribution in [2.24, 2.45) is 0 Å². The Morgan fingerprint density at radius 2 is 1.76 bits per heavy atom. The van der Waals surface area contributed by atoms with E-state index in [2.05, 4.69) is 14.8 Å². The van der Waals surface area contributed by atoms with Gasteiger partial charge in [0, 0.05) is 24.5 Å². The van der Waals surface area contributed by atoms with Crippen molar-refractivity contribution in [3.05, 3.63) is 30.1 Å². The van der Waals surface area contributed by atoms with Crippen LogP contribution in [0.4, 0.5) is 4.39 Å². The molecule has 7 heteroatoms. The lowest BCUT2D eigenvalue weighted by Crippen LogP contribution is -2.17. The predicted octanol–water partition coefficient (Wildman–Crippen LogP) is 3.53. The summed E-state index contributed by atoms with van der Waals surface area (Å²) in [6.07, 6.45) is 4.88. The highest BCUT2D eigenvalue weighted by Crippen LogP contribution is 2.28. The molecule has 2 aliphatic heterocycles. The van der Waals surface area contributed by atoms with Crippen LogP contribution >= 0.6 is 11.8 Å². The number of thioether (sulfide) groups is 1. The Bertz CT molecular complexity index is 695. The molecule has 0 unspecified atom stereocenters. The molecule has 134 valence electrons. The van der Waals surface area contributed by atoms with Gasteiger partial charge >= 0.3 is 0 Å². The highest BCUT2D eigenvalue weighted by molar-refractivity contribution is 7.99. The molecular weight excluding hydrogens is 341 g/mol. The van der Waals surface area contributed by atoms with Crippen LogP contribution in [0.5, 0.6) is 0 Å². The van der Waals surface area contributed by atoms with Crippen molar-refractivity contribution in [1.29, 1.82) is 0 Å². The third-order valence-corrected chi connectivity index (χ3v) is 5.75. The van der Waals surface area contributed by atoms with Crippen molar-refractivity contribution < 1.29 is 13.9 Å². The van der Waals surface area contributed by atoms with E-state index >= 15 is 0 Å². The molecule has 0 amide bonds. The SMILES string of the molecule is Fc1ccc(-c2nnc(SC[C@@H]3CCCO3)n2C[C@H]2CCCO2)cc1. The molecule has 3 heterocycles. The maximum atomic E-state index is 13.2. The number of ether oxygens (including phenoxy) is 2. The van der Waals surface area contributed by atoms with Crippen LogP contribution in [0.25, 0.3) is 11.4 Å². The number of nitrogens with zero attached hydrogens (tertiary/aromatic N) is 3. The van der Waals surface area contributed by atoms with Crippen LogP contribution in [-0.4, -0.2) is 45.9 Å². The second-order valence-corrected chi connectivity index (χ2v) is 7.49. The average Bonchev–Trinajstić information content (AvgIpc) is 3.37. The van der Waals surface area contributed by atoms with Crippen molar-refractivity contribution in [2.45, 2.75) is 49.6 Å². The molecule has 5 nitrogen and oxygen atoms in total. The van der Waals surface area contributed by atoms with Gasteiger partial charge in [-0.1, -0.05) is 11.8 Å². The Kier molecular flexibility index (Phi) is 5.33. The van der Waals surface area contributed by atoms with E-state index in [-0.39, 0.29) is 11.9 Å². The molecule has 0 radical (unpaired) electrons. The minimum atomic E-state index is -0.248. The molecule has 0 spiro atoms. The Morgan fingerprint density at radius 3 is 2.44 bits per heavy atom. The van der Waals surface area contributed by atoms with E-state index in [9.17, 15) is 4.39 Å². The van der Waals surface area contributed by atoms with Crippen LogP contribution in [0.1, 0.15) is 25.7 Å². The maximum Gasteiger partial charge on any atom is 0.191 e. The first-order valence-electron chi connectivity index (χ1n) is 8.85. The largest absolute Gasteiger partial charge is 0.377 e. The number of aromatic nitrogens is 3. The highest BCUT2D eigenvalue weighted by atomic mass is 32.2. The summed E-state index contributed by atoms with van der Waals surface area (Å²) >= 11 is 1.68. The third kappa shape index (κ3) is 4.04. The molecule has 1 aromatic heterocycles. The van der Waals surface area contributed by atoms with Gasteiger partial charge < -0.3 is 9.47 Å². The molecule has 2 saturated heterocycles.